The van der Waals surface area contributed by atoms with Crippen LogP contribution in [0, 0.1) is 11.3 Å². The fraction of sp³-hybridized carbons (Fsp3) is 0.364. The minimum absolute atomic E-state index is 0.0275. The lowest BCUT2D eigenvalue weighted by Crippen LogP contribution is -2.30. The highest BCUT2D eigenvalue weighted by Gasteiger charge is 2.38. The van der Waals surface area contributed by atoms with E-state index in [2.05, 4.69) is 0 Å². The van der Waals surface area contributed by atoms with Gasteiger partial charge >= 0.3 is 0 Å². The second kappa shape index (κ2) is 5.07. The average Bonchev–Trinajstić information content (AvgIpc) is 2.70. The van der Waals surface area contributed by atoms with Crippen molar-refractivity contribution in [3.05, 3.63) is 28.8 Å². The number of rotatable bonds is 2. The van der Waals surface area contributed by atoms with Crippen molar-refractivity contribution in [2.45, 2.75) is 17.1 Å². The van der Waals surface area contributed by atoms with Crippen LogP contribution in [0.1, 0.15) is 5.56 Å². The predicted octanol–water partition coefficient (Wildman–Crippen LogP) is -0.0622. The molecular formula is C11H11ClN2O4S. The fourth-order valence-electron chi connectivity index (χ4n) is 1.87. The van der Waals surface area contributed by atoms with Crippen LogP contribution in [0.3, 0.4) is 0 Å². The van der Waals surface area contributed by atoms with E-state index in [1.165, 1.54) is 18.2 Å². The van der Waals surface area contributed by atoms with Gasteiger partial charge in [0.1, 0.15) is 11.0 Å². The number of β-amino-alcohol motifs (C(OH)–C–C–N with tert-alkyl or cyclic N) is 2. The number of hydrogen-bond donors (Lipinski definition) is 2. The third-order valence-corrected chi connectivity index (χ3v) is 5.01. The number of nitriles is 1. The molecule has 0 aromatic heterocycles. The molecule has 2 rings (SSSR count). The Morgan fingerprint density at radius 3 is 2.42 bits per heavy atom. The highest BCUT2D eigenvalue weighted by atomic mass is 35.5. The van der Waals surface area contributed by atoms with Crippen molar-refractivity contribution in [1.29, 1.82) is 5.26 Å². The summed E-state index contributed by atoms with van der Waals surface area (Å²) in [7, 11) is -3.96. The first kappa shape index (κ1) is 14.2. The molecule has 2 N–H and O–H groups in total. The van der Waals surface area contributed by atoms with Crippen molar-refractivity contribution in [1.82, 2.24) is 4.31 Å². The maximum Gasteiger partial charge on any atom is 0.244 e. The van der Waals surface area contributed by atoms with E-state index in [9.17, 15) is 18.6 Å². The Labute approximate surface area is 115 Å². The van der Waals surface area contributed by atoms with Crippen molar-refractivity contribution in [2.75, 3.05) is 13.1 Å². The molecule has 2 atom stereocenters. The van der Waals surface area contributed by atoms with E-state index >= 15 is 0 Å². The molecule has 1 fully saturated rings. The second-order valence-electron chi connectivity index (χ2n) is 4.21. The van der Waals surface area contributed by atoms with Gasteiger partial charge in [-0.25, -0.2) is 8.42 Å². The highest BCUT2D eigenvalue weighted by molar-refractivity contribution is 7.89. The van der Waals surface area contributed by atoms with Crippen LogP contribution in [0.5, 0.6) is 0 Å². The fourth-order valence-corrected chi connectivity index (χ4v) is 3.75. The lowest BCUT2D eigenvalue weighted by atomic mass is 10.2. The van der Waals surface area contributed by atoms with Crippen LogP contribution in [0.15, 0.2) is 23.1 Å². The van der Waals surface area contributed by atoms with Gasteiger partial charge in [0.2, 0.25) is 10.0 Å². The topological polar surface area (TPSA) is 102 Å². The van der Waals surface area contributed by atoms with Crippen molar-refractivity contribution >= 4 is 21.6 Å². The lowest BCUT2D eigenvalue weighted by Gasteiger charge is -2.16. The summed E-state index contributed by atoms with van der Waals surface area (Å²) in [4.78, 5) is -0.219. The second-order valence-corrected chi connectivity index (χ2v) is 6.55. The Kier molecular flexibility index (Phi) is 3.80. The molecule has 1 heterocycles. The number of aliphatic hydroxyl groups excluding tert-OH is 2. The number of benzene rings is 1. The third-order valence-electron chi connectivity index (χ3n) is 2.91. The van der Waals surface area contributed by atoms with Gasteiger partial charge in [-0.3, -0.25) is 0 Å². The van der Waals surface area contributed by atoms with Gasteiger partial charge in [-0.1, -0.05) is 11.6 Å². The van der Waals surface area contributed by atoms with Crippen LogP contribution in [0.2, 0.25) is 5.02 Å². The van der Waals surface area contributed by atoms with Crippen LogP contribution in [0.4, 0.5) is 0 Å². The van der Waals surface area contributed by atoms with Gasteiger partial charge in [0, 0.05) is 18.1 Å². The first-order chi connectivity index (χ1) is 8.86. The first-order valence-corrected chi connectivity index (χ1v) is 7.24. The van der Waals surface area contributed by atoms with E-state index in [1.54, 1.807) is 6.07 Å². The van der Waals surface area contributed by atoms with Gasteiger partial charge in [0.25, 0.3) is 0 Å². The zero-order valence-electron chi connectivity index (χ0n) is 9.69. The third kappa shape index (κ3) is 2.59. The highest BCUT2D eigenvalue weighted by Crippen LogP contribution is 2.26. The monoisotopic (exact) mass is 302 g/mol. The summed E-state index contributed by atoms with van der Waals surface area (Å²) in [5, 5.41) is 28.0. The number of halogens is 1. The molecule has 1 aromatic rings. The molecule has 0 bridgehead atoms. The molecule has 102 valence electrons. The zero-order valence-corrected chi connectivity index (χ0v) is 11.3. The molecule has 1 aromatic carbocycles. The molecule has 0 radical (unpaired) electrons. The normalized spacial score (nSPS) is 24.3. The Hall–Kier alpha value is -1.17. The van der Waals surface area contributed by atoms with Gasteiger partial charge in [0.05, 0.1) is 17.8 Å². The quantitative estimate of drug-likeness (QED) is 0.797. The molecule has 6 nitrogen and oxygen atoms in total. The largest absolute Gasteiger partial charge is 0.389 e. The molecule has 0 spiro atoms. The van der Waals surface area contributed by atoms with Gasteiger partial charge in [0.15, 0.2) is 0 Å². The Morgan fingerprint density at radius 1 is 1.32 bits per heavy atom. The molecule has 0 amide bonds. The van der Waals surface area contributed by atoms with Gasteiger partial charge < -0.3 is 10.2 Å². The Balaban J connectivity index is 2.46. The van der Waals surface area contributed by atoms with Crippen molar-refractivity contribution in [3.8, 4) is 6.07 Å². The molecule has 2 unspecified atom stereocenters. The van der Waals surface area contributed by atoms with Gasteiger partial charge in [-0.05, 0) is 18.2 Å². The summed E-state index contributed by atoms with van der Waals surface area (Å²) in [5.74, 6) is 0. The van der Waals surface area contributed by atoms with E-state index in [-0.39, 0.29) is 28.6 Å². The Bertz CT molecular complexity index is 631. The summed E-state index contributed by atoms with van der Waals surface area (Å²) in [6, 6.07) is 5.71. The van der Waals surface area contributed by atoms with Crippen molar-refractivity contribution < 1.29 is 18.6 Å². The van der Waals surface area contributed by atoms with E-state index in [1.807, 2.05) is 0 Å². The summed E-state index contributed by atoms with van der Waals surface area (Å²) in [5.41, 5.74) is -0.0275. The molecule has 0 saturated carbocycles. The van der Waals surface area contributed by atoms with Crippen molar-refractivity contribution in [2.24, 2.45) is 0 Å². The van der Waals surface area contributed by atoms with E-state index in [0.29, 0.717) is 0 Å². The summed E-state index contributed by atoms with van der Waals surface area (Å²) >= 11 is 5.75. The molecular weight excluding hydrogens is 292 g/mol. The SMILES string of the molecule is N#Cc1ccc(Cl)cc1S(=O)(=O)N1CC(O)C(O)C1. The number of aliphatic hydroxyl groups is 2. The predicted molar refractivity (Wildman–Crippen MR) is 66.9 cm³/mol. The first-order valence-electron chi connectivity index (χ1n) is 5.42. The molecule has 1 aliphatic heterocycles. The smallest absolute Gasteiger partial charge is 0.244 e. The summed E-state index contributed by atoms with van der Waals surface area (Å²) in [6.45, 7) is -0.415. The Morgan fingerprint density at radius 2 is 1.89 bits per heavy atom. The zero-order chi connectivity index (χ0) is 14.2. The number of nitrogens with zero attached hydrogens (tertiary/aromatic N) is 2. The minimum Gasteiger partial charge on any atom is -0.389 e. The minimum atomic E-state index is -3.96. The maximum atomic E-state index is 12.4. The van der Waals surface area contributed by atoms with Gasteiger partial charge in [-0.2, -0.15) is 9.57 Å². The number of hydrogen-bond acceptors (Lipinski definition) is 5. The van der Waals surface area contributed by atoms with E-state index in [0.717, 1.165) is 4.31 Å². The van der Waals surface area contributed by atoms with Crippen LogP contribution in [-0.2, 0) is 10.0 Å². The molecule has 1 aliphatic rings. The summed E-state index contributed by atoms with van der Waals surface area (Å²) < 4.78 is 25.6. The molecule has 19 heavy (non-hydrogen) atoms. The van der Waals surface area contributed by atoms with Gasteiger partial charge in [-0.15, -0.1) is 0 Å². The standard InChI is InChI=1S/C11H11ClN2O4S/c12-8-2-1-7(4-13)11(3-8)19(17,18)14-5-9(15)10(16)6-14/h1-3,9-10,15-16H,5-6H2. The number of sulfonamides is 1. The lowest BCUT2D eigenvalue weighted by molar-refractivity contribution is 0.0572. The van der Waals surface area contributed by atoms with Crippen LogP contribution in [-0.4, -0.2) is 48.2 Å². The van der Waals surface area contributed by atoms with E-state index < -0.39 is 22.2 Å². The van der Waals surface area contributed by atoms with Crippen LogP contribution in [0.25, 0.3) is 0 Å². The molecule has 1 saturated heterocycles. The van der Waals surface area contributed by atoms with Crippen LogP contribution < -0.4 is 0 Å². The summed E-state index contributed by atoms with van der Waals surface area (Å²) in [6.07, 6.45) is -2.25. The van der Waals surface area contributed by atoms with Crippen LogP contribution >= 0.6 is 11.6 Å². The molecule has 8 heteroatoms. The van der Waals surface area contributed by atoms with Crippen molar-refractivity contribution in [3.63, 3.8) is 0 Å². The average molecular weight is 303 g/mol. The van der Waals surface area contributed by atoms with E-state index in [4.69, 9.17) is 16.9 Å². The maximum absolute atomic E-state index is 12.4. The molecule has 0 aliphatic carbocycles.